The SMILES string of the molecule is CC(C)n1ccnc(NCc2cccc(CCl)c2)c1=O. The van der Waals surface area contributed by atoms with E-state index in [1.54, 1.807) is 17.0 Å². The summed E-state index contributed by atoms with van der Waals surface area (Å²) in [6, 6.07) is 8.06. The lowest BCUT2D eigenvalue weighted by Gasteiger charge is -2.11. The van der Waals surface area contributed by atoms with Gasteiger partial charge in [0.2, 0.25) is 0 Å². The maximum atomic E-state index is 12.2. The fraction of sp³-hybridized carbons (Fsp3) is 0.333. The Bertz CT molecular complexity index is 637. The summed E-state index contributed by atoms with van der Waals surface area (Å²) in [6.07, 6.45) is 3.34. The van der Waals surface area contributed by atoms with E-state index in [4.69, 9.17) is 11.6 Å². The zero-order valence-electron chi connectivity index (χ0n) is 11.6. The van der Waals surface area contributed by atoms with Crippen molar-refractivity contribution in [2.45, 2.75) is 32.3 Å². The number of anilines is 1. The molecule has 0 aliphatic rings. The van der Waals surface area contributed by atoms with Crippen molar-refractivity contribution in [3.63, 3.8) is 0 Å². The van der Waals surface area contributed by atoms with E-state index < -0.39 is 0 Å². The van der Waals surface area contributed by atoms with E-state index in [2.05, 4.69) is 10.3 Å². The van der Waals surface area contributed by atoms with Crippen molar-refractivity contribution in [1.29, 1.82) is 0 Å². The lowest BCUT2D eigenvalue weighted by Crippen LogP contribution is -2.25. The third-order valence-corrected chi connectivity index (χ3v) is 3.34. The second-order valence-electron chi connectivity index (χ2n) is 4.89. The zero-order valence-corrected chi connectivity index (χ0v) is 12.4. The first-order chi connectivity index (χ1) is 9.61. The van der Waals surface area contributed by atoms with Gasteiger partial charge in [0.05, 0.1) is 0 Å². The average Bonchev–Trinajstić information content (AvgIpc) is 2.46. The predicted octanol–water partition coefficient (Wildman–Crippen LogP) is 3.18. The molecular formula is C15H18ClN3O. The van der Waals surface area contributed by atoms with E-state index >= 15 is 0 Å². The van der Waals surface area contributed by atoms with Gasteiger partial charge in [-0.2, -0.15) is 0 Å². The molecule has 0 amide bonds. The minimum atomic E-state index is -0.101. The Morgan fingerprint density at radius 3 is 2.80 bits per heavy atom. The molecule has 0 aliphatic carbocycles. The lowest BCUT2D eigenvalue weighted by molar-refractivity contribution is 0.575. The van der Waals surface area contributed by atoms with Crippen molar-refractivity contribution in [3.8, 4) is 0 Å². The molecule has 5 heteroatoms. The Balaban J connectivity index is 2.15. The topological polar surface area (TPSA) is 46.9 Å². The molecule has 20 heavy (non-hydrogen) atoms. The van der Waals surface area contributed by atoms with Crippen LogP contribution in [0.5, 0.6) is 0 Å². The first-order valence-electron chi connectivity index (χ1n) is 6.56. The van der Waals surface area contributed by atoms with Gasteiger partial charge >= 0.3 is 0 Å². The van der Waals surface area contributed by atoms with Crippen LogP contribution in [0.1, 0.15) is 31.0 Å². The molecule has 0 saturated heterocycles. The molecule has 106 valence electrons. The number of halogens is 1. The number of aromatic nitrogens is 2. The van der Waals surface area contributed by atoms with Crippen LogP contribution in [0.25, 0.3) is 0 Å². The summed E-state index contributed by atoms with van der Waals surface area (Å²) in [7, 11) is 0. The number of alkyl halides is 1. The van der Waals surface area contributed by atoms with Crippen molar-refractivity contribution in [3.05, 3.63) is 58.1 Å². The summed E-state index contributed by atoms with van der Waals surface area (Å²) in [5.74, 6) is 0.856. The van der Waals surface area contributed by atoms with Crippen molar-refractivity contribution in [1.82, 2.24) is 9.55 Å². The highest BCUT2D eigenvalue weighted by molar-refractivity contribution is 6.17. The fourth-order valence-corrected chi connectivity index (χ4v) is 2.13. The van der Waals surface area contributed by atoms with Gasteiger partial charge in [0.1, 0.15) is 0 Å². The monoisotopic (exact) mass is 291 g/mol. The van der Waals surface area contributed by atoms with Crippen LogP contribution < -0.4 is 10.9 Å². The molecule has 0 radical (unpaired) electrons. The molecule has 0 bridgehead atoms. The molecule has 1 aromatic carbocycles. The van der Waals surface area contributed by atoms with Gasteiger partial charge in [-0.1, -0.05) is 24.3 Å². The molecule has 0 saturated carbocycles. The van der Waals surface area contributed by atoms with E-state index in [1.807, 2.05) is 38.1 Å². The van der Waals surface area contributed by atoms with Crippen LogP contribution in [0.4, 0.5) is 5.82 Å². The molecule has 1 heterocycles. The highest BCUT2D eigenvalue weighted by Crippen LogP contribution is 2.09. The molecule has 1 N–H and O–H groups in total. The molecule has 1 aromatic heterocycles. The molecule has 0 spiro atoms. The standard InChI is InChI=1S/C15H18ClN3O/c1-11(2)19-7-6-17-14(15(19)20)18-10-13-5-3-4-12(8-13)9-16/h3-8,11H,9-10H2,1-2H3,(H,17,18). The quantitative estimate of drug-likeness (QED) is 0.861. The van der Waals surface area contributed by atoms with Gasteiger partial charge in [0.25, 0.3) is 5.56 Å². The second-order valence-corrected chi connectivity index (χ2v) is 5.16. The number of rotatable bonds is 5. The van der Waals surface area contributed by atoms with Gasteiger partial charge in [-0.15, -0.1) is 11.6 Å². The van der Waals surface area contributed by atoms with Crippen LogP contribution >= 0.6 is 11.6 Å². The maximum absolute atomic E-state index is 12.2. The number of nitrogens with one attached hydrogen (secondary N) is 1. The molecule has 0 unspecified atom stereocenters. The molecule has 2 rings (SSSR count). The largest absolute Gasteiger partial charge is 0.361 e. The summed E-state index contributed by atoms with van der Waals surface area (Å²) in [4.78, 5) is 16.3. The second kappa shape index (κ2) is 6.57. The molecule has 4 nitrogen and oxygen atoms in total. The summed E-state index contributed by atoms with van der Waals surface area (Å²) < 4.78 is 1.66. The summed E-state index contributed by atoms with van der Waals surface area (Å²) in [6.45, 7) is 4.49. The van der Waals surface area contributed by atoms with Crippen LogP contribution in [-0.2, 0) is 12.4 Å². The van der Waals surface area contributed by atoms with E-state index in [0.29, 0.717) is 18.2 Å². The zero-order chi connectivity index (χ0) is 14.5. The Hall–Kier alpha value is -1.81. The fourth-order valence-electron chi connectivity index (χ4n) is 1.96. The Morgan fingerprint density at radius 2 is 2.10 bits per heavy atom. The van der Waals surface area contributed by atoms with E-state index in [9.17, 15) is 4.79 Å². The molecule has 0 aliphatic heterocycles. The van der Waals surface area contributed by atoms with Gasteiger partial charge < -0.3 is 9.88 Å². The van der Waals surface area contributed by atoms with Crippen LogP contribution in [-0.4, -0.2) is 9.55 Å². The smallest absolute Gasteiger partial charge is 0.293 e. The van der Waals surface area contributed by atoms with Crippen molar-refractivity contribution < 1.29 is 0 Å². The van der Waals surface area contributed by atoms with E-state index in [0.717, 1.165) is 11.1 Å². The highest BCUT2D eigenvalue weighted by atomic mass is 35.5. The van der Waals surface area contributed by atoms with Crippen LogP contribution in [0.3, 0.4) is 0 Å². The first kappa shape index (κ1) is 14.6. The third kappa shape index (κ3) is 3.39. The van der Waals surface area contributed by atoms with Crippen molar-refractivity contribution >= 4 is 17.4 Å². The summed E-state index contributed by atoms with van der Waals surface area (Å²) >= 11 is 5.81. The molecule has 2 aromatic rings. The Morgan fingerprint density at radius 1 is 1.35 bits per heavy atom. The Labute approximate surface area is 123 Å². The minimum Gasteiger partial charge on any atom is -0.361 e. The molecule has 0 atom stereocenters. The normalized spacial score (nSPS) is 10.8. The van der Waals surface area contributed by atoms with E-state index in [1.165, 1.54) is 0 Å². The van der Waals surface area contributed by atoms with Gasteiger partial charge in [0.15, 0.2) is 5.82 Å². The van der Waals surface area contributed by atoms with Gasteiger partial charge in [-0.05, 0) is 25.0 Å². The van der Waals surface area contributed by atoms with Crippen LogP contribution in [0.2, 0.25) is 0 Å². The van der Waals surface area contributed by atoms with Gasteiger partial charge in [-0.25, -0.2) is 4.98 Å². The molecular weight excluding hydrogens is 274 g/mol. The van der Waals surface area contributed by atoms with Gasteiger partial charge in [-0.3, -0.25) is 4.79 Å². The minimum absolute atomic E-state index is 0.101. The van der Waals surface area contributed by atoms with Crippen molar-refractivity contribution in [2.75, 3.05) is 5.32 Å². The first-order valence-corrected chi connectivity index (χ1v) is 7.10. The van der Waals surface area contributed by atoms with E-state index in [-0.39, 0.29) is 11.6 Å². The Kier molecular flexibility index (Phi) is 4.79. The number of hydrogen-bond acceptors (Lipinski definition) is 3. The third-order valence-electron chi connectivity index (χ3n) is 3.03. The lowest BCUT2D eigenvalue weighted by atomic mass is 10.1. The maximum Gasteiger partial charge on any atom is 0.293 e. The predicted molar refractivity (Wildman–Crippen MR) is 82.2 cm³/mol. The van der Waals surface area contributed by atoms with Gasteiger partial charge in [0, 0.05) is 30.9 Å². The van der Waals surface area contributed by atoms with Crippen molar-refractivity contribution in [2.24, 2.45) is 0 Å². The summed E-state index contributed by atoms with van der Waals surface area (Å²) in [5, 5.41) is 3.09. The summed E-state index contributed by atoms with van der Waals surface area (Å²) in [5.41, 5.74) is 2.03. The number of nitrogens with zero attached hydrogens (tertiary/aromatic N) is 2. The van der Waals surface area contributed by atoms with Crippen LogP contribution in [0, 0.1) is 0 Å². The number of hydrogen-bond donors (Lipinski definition) is 1. The van der Waals surface area contributed by atoms with Crippen LogP contribution in [0.15, 0.2) is 41.5 Å². The molecule has 0 fully saturated rings. The highest BCUT2D eigenvalue weighted by Gasteiger charge is 2.06. The average molecular weight is 292 g/mol. The number of benzene rings is 1.